The van der Waals surface area contributed by atoms with Crippen molar-refractivity contribution in [3.63, 3.8) is 0 Å². The monoisotopic (exact) mass is 225 g/mol. The number of hydrogen-bond acceptors (Lipinski definition) is 1. The van der Waals surface area contributed by atoms with Crippen LogP contribution in [0.15, 0.2) is 0 Å². The topological polar surface area (TPSA) is 12.0 Å². The molecule has 1 aliphatic carbocycles. The van der Waals surface area contributed by atoms with Crippen LogP contribution >= 0.6 is 0 Å². The highest BCUT2D eigenvalue weighted by molar-refractivity contribution is 4.83. The highest BCUT2D eigenvalue weighted by Gasteiger charge is 2.31. The van der Waals surface area contributed by atoms with Gasteiger partial charge in [-0.25, -0.2) is 0 Å². The highest BCUT2D eigenvalue weighted by Crippen LogP contribution is 2.39. The second-order valence-corrected chi connectivity index (χ2v) is 5.92. The van der Waals surface area contributed by atoms with E-state index in [1.54, 1.807) is 0 Å². The Morgan fingerprint density at radius 3 is 2.62 bits per heavy atom. The molecule has 1 N–H and O–H groups in total. The normalized spacial score (nSPS) is 32.6. The quantitative estimate of drug-likeness (QED) is 0.718. The summed E-state index contributed by atoms with van der Waals surface area (Å²) in [6.45, 7) is 11.8. The average Bonchev–Trinajstić information content (AvgIpc) is 2.27. The van der Waals surface area contributed by atoms with Crippen molar-refractivity contribution < 1.29 is 0 Å². The van der Waals surface area contributed by atoms with E-state index < -0.39 is 0 Å². The molecule has 1 rings (SSSR count). The summed E-state index contributed by atoms with van der Waals surface area (Å²) in [5.41, 5.74) is 0. The van der Waals surface area contributed by atoms with Gasteiger partial charge < -0.3 is 5.32 Å². The molecule has 4 atom stereocenters. The molecule has 1 saturated carbocycles. The Balaban J connectivity index is 2.50. The standard InChI is InChI=1S/C15H31N/c1-5-7-13(4)15-10-12(3)8-9-14(15)11-16-6-2/h12-16H,5-11H2,1-4H3. The summed E-state index contributed by atoms with van der Waals surface area (Å²) in [5.74, 6) is 3.80. The maximum Gasteiger partial charge on any atom is -0.00179 e. The molecule has 0 spiro atoms. The van der Waals surface area contributed by atoms with Gasteiger partial charge in [0, 0.05) is 0 Å². The first-order valence-corrected chi connectivity index (χ1v) is 7.39. The SMILES string of the molecule is CCCC(C)C1CC(C)CCC1CNCC. The Morgan fingerprint density at radius 1 is 1.25 bits per heavy atom. The maximum atomic E-state index is 3.56. The Hall–Kier alpha value is -0.0400. The van der Waals surface area contributed by atoms with Gasteiger partial charge in [0.25, 0.3) is 0 Å². The Bertz CT molecular complexity index is 176. The van der Waals surface area contributed by atoms with E-state index in [4.69, 9.17) is 0 Å². The zero-order chi connectivity index (χ0) is 12.0. The zero-order valence-electron chi connectivity index (χ0n) is 11.8. The molecule has 0 amide bonds. The molecule has 96 valence electrons. The predicted octanol–water partition coefficient (Wildman–Crippen LogP) is 4.08. The lowest BCUT2D eigenvalue weighted by Crippen LogP contribution is -2.35. The third-order valence-corrected chi connectivity index (χ3v) is 4.44. The minimum atomic E-state index is 0.927. The fourth-order valence-electron chi connectivity index (χ4n) is 3.44. The summed E-state index contributed by atoms with van der Waals surface area (Å²) in [7, 11) is 0. The van der Waals surface area contributed by atoms with Gasteiger partial charge in [-0.1, -0.05) is 47.0 Å². The van der Waals surface area contributed by atoms with E-state index in [9.17, 15) is 0 Å². The van der Waals surface area contributed by atoms with Gasteiger partial charge >= 0.3 is 0 Å². The van der Waals surface area contributed by atoms with E-state index in [0.717, 1.165) is 30.2 Å². The Labute approximate surface area is 102 Å². The first-order chi connectivity index (χ1) is 7.69. The Morgan fingerprint density at radius 2 is 2.00 bits per heavy atom. The minimum Gasteiger partial charge on any atom is -0.317 e. The van der Waals surface area contributed by atoms with Gasteiger partial charge in [-0.05, 0) is 49.6 Å². The van der Waals surface area contributed by atoms with Crippen LogP contribution in [0, 0.1) is 23.7 Å². The number of rotatable bonds is 6. The fourth-order valence-corrected chi connectivity index (χ4v) is 3.44. The number of nitrogens with one attached hydrogen (secondary N) is 1. The van der Waals surface area contributed by atoms with Crippen molar-refractivity contribution in [2.75, 3.05) is 13.1 Å². The van der Waals surface area contributed by atoms with Crippen LogP contribution in [-0.4, -0.2) is 13.1 Å². The Kier molecular flexibility index (Phi) is 6.41. The molecule has 4 unspecified atom stereocenters. The van der Waals surface area contributed by atoms with Crippen molar-refractivity contribution in [2.24, 2.45) is 23.7 Å². The van der Waals surface area contributed by atoms with Crippen LogP contribution < -0.4 is 5.32 Å². The summed E-state index contributed by atoms with van der Waals surface area (Å²) in [5, 5.41) is 3.56. The molecule has 0 bridgehead atoms. The van der Waals surface area contributed by atoms with Gasteiger partial charge in [0.05, 0.1) is 0 Å². The second kappa shape index (κ2) is 7.32. The van der Waals surface area contributed by atoms with Gasteiger partial charge in [0.2, 0.25) is 0 Å². The number of hydrogen-bond donors (Lipinski definition) is 1. The van der Waals surface area contributed by atoms with Crippen molar-refractivity contribution in [1.82, 2.24) is 5.32 Å². The van der Waals surface area contributed by atoms with Crippen molar-refractivity contribution in [3.8, 4) is 0 Å². The molecular formula is C15H31N. The smallest absolute Gasteiger partial charge is 0.00179 e. The highest BCUT2D eigenvalue weighted by atomic mass is 14.8. The van der Waals surface area contributed by atoms with Crippen molar-refractivity contribution in [2.45, 2.75) is 59.8 Å². The minimum absolute atomic E-state index is 0.927. The van der Waals surface area contributed by atoms with E-state index in [-0.39, 0.29) is 0 Å². The van der Waals surface area contributed by atoms with Gasteiger partial charge in [-0.2, -0.15) is 0 Å². The maximum absolute atomic E-state index is 3.56. The van der Waals surface area contributed by atoms with E-state index in [1.165, 1.54) is 38.6 Å². The molecule has 0 aromatic heterocycles. The zero-order valence-corrected chi connectivity index (χ0v) is 11.8. The molecule has 0 radical (unpaired) electrons. The van der Waals surface area contributed by atoms with E-state index >= 15 is 0 Å². The van der Waals surface area contributed by atoms with Crippen molar-refractivity contribution in [3.05, 3.63) is 0 Å². The third-order valence-electron chi connectivity index (χ3n) is 4.44. The second-order valence-electron chi connectivity index (χ2n) is 5.92. The summed E-state index contributed by atoms with van der Waals surface area (Å²) in [4.78, 5) is 0. The van der Waals surface area contributed by atoms with E-state index in [0.29, 0.717) is 0 Å². The summed E-state index contributed by atoms with van der Waals surface area (Å²) in [6, 6.07) is 0. The molecule has 1 heteroatoms. The van der Waals surface area contributed by atoms with Gasteiger partial charge in [-0.15, -0.1) is 0 Å². The van der Waals surface area contributed by atoms with Crippen LogP contribution in [0.1, 0.15) is 59.8 Å². The lowest BCUT2D eigenvalue weighted by Gasteiger charge is -2.38. The van der Waals surface area contributed by atoms with Crippen molar-refractivity contribution >= 4 is 0 Å². The molecule has 0 aromatic carbocycles. The molecule has 0 aromatic rings. The lowest BCUT2D eigenvalue weighted by atomic mass is 9.68. The average molecular weight is 225 g/mol. The van der Waals surface area contributed by atoms with Crippen LogP contribution in [0.4, 0.5) is 0 Å². The molecule has 0 saturated heterocycles. The molecule has 16 heavy (non-hydrogen) atoms. The summed E-state index contributed by atoms with van der Waals surface area (Å²) in [6.07, 6.45) is 7.13. The molecule has 1 fully saturated rings. The molecule has 0 aliphatic heterocycles. The van der Waals surface area contributed by atoms with Crippen molar-refractivity contribution in [1.29, 1.82) is 0 Å². The van der Waals surface area contributed by atoms with Crippen LogP contribution in [0.25, 0.3) is 0 Å². The van der Waals surface area contributed by atoms with Crippen LogP contribution in [0.2, 0.25) is 0 Å². The first kappa shape index (κ1) is 14.0. The summed E-state index contributed by atoms with van der Waals surface area (Å²) < 4.78 is 0. The van der Waals surface area contributed by atoms with E-state index in [2.05, 4.69) is 33.0 Å². The van der Waals surface area contributed by atoms with Gasteiger partial charge in [-0.3, -0.25) is 0 Å². The van der Waals surface area contributed by atoms with Crippen LogP contribution in [0.5, 0.6) is 0 Å². The molecule has 1 nitrogen and oxygen atoms in total. The van der Waals surface area contributed by atoms with Crippen LogP contribution in [-0.2, 0) is 0 Å². The third kappa shape index (κ3) is 4.08. The first-order valence-electron chi connectivity index (χ1n) is 7.39. The van der Waals surface area contributed by atoms with Gasteiger partial charge in [0.15, 0.2) is 0 Å². The predicted molar refractivity (Wildman–Crippen MR) is 72.6 cm³/mol. The summed E-state index contributed by atoms with van der Waals surface area (Å²) >= 11 is 0. The molecule has 0 heterocycles. The van der Waals surface area contributed by atoms with E-state index in [1.807, 2.05) is 0 Å². The largest absolute Gasteiger partial charge is 0.317 e. The molecular weight excluding hydrogens is 194 g/mol. The lowest BCUT2D eigenvalue weighted by molar-refractivity contribution is 0.127. The molecule has 1 aliphatic rings. The van der Waals surface area contributed by atoms with Crippen LogP contribution in [0.3, 0.4) is 0 Å². The fraction of sp³-hybridized carbons (Fsp3) is 1.00. The van der Waals surface area contributed by atoms with Gasteiger partial charge in [0.1, 0.15) is 0 Å².